The van der Waals surface area contributed by atoms with Gasteiger partial charge in [0.2, 0.25) is 0 Å². The van der Waals surface area contributed by atoms with Gasteiger partial charge in [-0.2, -0.15) is 0 Å². The quantitative estimate of drug-likeness (QED) is 0.799. The number of aliphatic carboxylic acids is 1. The molecule has 1 unspecified atom stereocenters. The molecule has 3 N–H and O–H groups in total. The van der Waals surface area contributed by atoms with E-state index in [0.29, 0.717) is 0 Å². The molecule has 0 fully saturated rings. The first-order chi connectivity index (χ1) is 9.12. The van der Waals surface area contributed by atoms with Crippen molar-refractivity contribution in [3.05, 3.63) is 29.8 Å². The van der Waals surface area contributed by atoms with Crippen molar-refractivity contribution in [3.8, 4) is 0 Å². The van der Waals surface area contributed by atoms with Crippen molar-refractivity contribution in [1.82, 2.24) is 5.32 Å². The molecule has 0 aliphatic carbocycles. The summed E-state index contributed by atoms with van der Waals surface area (Å²) in [5.41, 5.74) is -1.09. The highest BCUT2D eigenvalue weighted by molar-refractivity contribution is 5.92. The number of nitrogens with one attached hydrogen (secondary N) is 2. The average molecular weight is 286 g/mol. The average Bonchev–Trinajstić information content (AvgIpc) is 2.30. The number of carboxylic acid groups (broad SMARTS) is 1. The fourth-order valence-corrected chi connectivity index (χ4v) is 1.54. The summed E-state index contributed by atoms with van der Waals surface area (Å²) in [6.45, 7) is 4.90. The molecule has 110 valence electrons. The number of carboxylic acids is 1. The molecule has 0 heterocycles. The molecule has 20 heavy (non-hydrogen) atoms. The van der Waals surface area contributed by atoms with Crippen LogP contribution in [0.2, 0.25) is 0 Å². The largest absolute Gasteiger partial charge is 0.480 e. The van der Waals surface area contributed by atoms with E-state index < -0.39 is 35.1 Å². The first-order valence-electron chi connectivity index (χ1n) is 5.87. The van der Waals surface area contributed by atoms with Crippen molar-refractivity contribution < 1.29 is 23.5 Å². The van der Waals surface area contributed by atoms with Gasteiger partial charge in [-0.3, -0.25) is 0 Å². The monoisotopic (exact) mass is 286 g/mol. The summed E-state index contributed by atoms with van der Waals surface area (Å²) in [6, 6.07) is 1.22. The first kappa shape index (κ1) is 15.9. The lowest BCUT2D eigenvalue weighted by Crippen LogP contribution is -2.50. The highest BCUT2D eigenvalue weighted by atomic mass is 19.2. The van der Waals surface area contributed by atoms with Crippen LogP contribution in [0.15, 0.2) is 18.2 Å². The molecule has 5 nitrogen and oxygen atoms in total. The molecule has 0 aromatic heterocycles. The summed E-state index contributed by atoms with van der Waals surface area (Å²) in [6.07, 6.45) is 0. The number of urea groups is 1. The molecule has 7 heteroatoms. The van der Waals surface area contributed by atoms with Crippen LogP contribution in [0.4, 0.5) is 19.3 Å². The zero-order valence-corrected chi connectivity index (χ0v) is 11.3. The molecule has 0 aliphatic heterocycles. The first-order valence-corrected chi connectivity index (χ1v) is 5.87. The molecule has 0 spiro atoms. The second-order valence-electron chi connectivity index (χ2n) is 5.34. The fraction of sp³-hybridized carbons (Fsp3) is 0.385. The summed E-state index contributed by atoms with van der Waals surface area (Å²) in [7, 11) is 0. The lowest BCUT2D eigenvalue weighted by atomic mass is 9.87. The van der Waals surface area contributed by atoms with Crippen LogP contribution in [0.25, 0.3) is 0 Å². The predicted molar refractivity (Wildman–Crippen MR) is 69.4 cm³/mol. The molecular weight excluding hydrogens is 270 g/mol. The molecule has 0 bridgehead atoms. The van der Waals surface area contributed by atoms with Gasteiger partial charge in [-0.1, -0.05) is 26.8 Å². The normalized spacial score (nSPS) is 12.7. The van der Waals surface area contributed by atoms with E-state index >= 15 is 0 Å². The van der Waals surface area contributed by atoms with Crippen LogP contribution < -0.4 is 10.6 Å². The Morgan fingerprint density at radius 2 is 1.85 bits per heavy atom. The summed E-state index contributed by atoms with van der Waals surface area (Å²) >= 11 is 0. The second-order valence-corrected chi connectivity index (χ2v) is 5.34. The molecule has 1 aromatic rings. The lowest BCUT2D eigenvalue weighted by molar-refractivity contribution is -0.141. The summed E-state index contributed by atoms with van der Waals surface area (Å²) in [4.78, 5) is 22.7. The third-order valence-corrected chi connectivity index (χ3v) is 2.59. The zero-order chi connectivity index (χ0) is 15.5. The Bertz CT molecular complexity index is 527. The minimum atomic E-state index is -1.22. The number of carbonyl (C=O) groups is 2. The summed E-state index contributed by atoms with van der Waals surface area (Å²) in [5.74, 6) is -3.52. The van der Waals surface area contributed by atoms with E-state index in [9.17, 15) is 18.4 Å². The van der Waals surface area contributed by atoms with Gasteiger partial charge in [-0.05, 0) is 17.5 Å². The van der Waals surface area contributed by atoms with Crippen LogP contribution in [0, 0.1) is 17.0 Å². The molecule has 1 atom stereocenters. The zero-order valence-electron chi connectivity index (χ0n) is 11.3. The van der Waals surface area contributed by atoms with E-state index in [-0.39, 0.29) is 5.69 Å². The molecule has 0 aliphatic rings. The number of amides is 2. The van der Waals surface area contributed by atoms with E-state index in [2.05, 4.69) is 10.6 Å². The van der Waals surface area contributed by atoms with Crippen LogP contribution in [0.5, 0.6) is 0 Å². The maximum Gasteiger partial charge on any atom is 0.326 e. The predicted octanol–water partition coefficient (Wildman–Crippen LogP) is 2.59. The van der Waals surface area contributed by atoms with Crippen molar-refractivity contribution in [2.24, 2.45) is 5.41 Å². The molecule has 1 aromatic carbocycles. The van der Waals surface area contributed by atoms with E-state index in [4.69, 9.17) is 5.11 Å². The smallest absolute Gasteiger partial charge is 0.326 e. The van der Waals surface area contributed by atoms with E-state index in [1.807, 2.05) is 0 Å². The van der Waals surface area contributed by atoms with Crippen molar-refractivity contribution in [2.45, 2.75) is 26.8 Å². The van der Waals surface area contributed by atoms with E-state index in [0.717, 1.165) is 6.07 Å². The van der Waals surface area contributed by atoms with Crippen LogP contribution >= 0.6 is 0 Å². The Labute approximate surface area is 115 Å². The highest BCUT2D eigenvalue weighted by Crippen LogP contribution is 2.20. The van der Waals surface area contributed by atoms with Gasteiger partial charge in [0.15, 0.2) is 11.6 Å². The van der Waals surface area contributed by atoms with Crippen LogP contribution in [-0.2, 0) is 4.79 Å². The standard InChI is InChI=1S/C13H16F2N2O3/c1-13(2,3)10(11(18)19)17-12(20)16-8-6-4-5-7(14)9(8)15/h4-6,10H,1-3H3,(H,18,19)(H2,16,17,20). The van der Waals surface area contributed by atoms with E-state index in [1.165, 1.54) is 12.1 Å². The van der Waals surface area contributed by atoms with Crippen LogP contribution in [0.3, 0.4) is 0 Å². The van der Waals surface area contributed by atoms with Gasteiger partial charge in [-0.15, -0.1) is 0 Å². The van der Waals surface area contributed by atoms with Gasteiger partial charge in [0.1, 0.15) is 6.04 Å². The Hall–Kier alpha value is -2.18. The molecule has 2 amide bonds. The third-order valence-electron chi connectivity index (χ3n) is 2.59. The number of rotatable bonds is 3. The van der Waals surface area contributed by atoms with Crippen molar-refractivity contribution >= 4 is 17.7 Å². The number of carbonyl (C=O) groups excluding carboxylic acids is 1. The van der Waals surface area contributed by atoms with Gasteiger partial charge in [0.05, 0.1) is 5.69 Å². The molecular formula is C13H16F2N2O3. The second kappa shape index (κ2) is 5.85. The number of anilines is 1. The Kier molecular flexibility index (Phi) is 4.65. The van der Waals surface area contributed by atoms with E-state index in [1.54, 1.807) is 20.8 Å². The maximum atomic E-state index is 13.4. The molecule has 0 radical (unpaired) electrons. The topological polar surface area (TPSA) is 78.4 Å². The number of hydrogen-bond acceptors (Lipinski definition) is 2. The minimum absolute atomic E-state index is 0.361. The molecule has 1 rings (SSSR count). The van der Waals surface area contributed by atoms with Gasteiger partial charge in [-0.25, -0.2) is 18.4 Å². The molecule has 0 saturated carbocycles. The third kappa shape index (κ3) is 3.91. The van der Waals surface area contributed by atoms with Crippen molar-refractivity contribution in [1.29, 1.82) is 0 Å². The highest BCUT2D eigenvalue weighted by Gasteiger charge is 2.32. The number of benzene rings is 1. The van der Waals surface area contributed by atoms with Crippen LogP contribution in [0.1, 0.15) is 20.8 Å². The summed E-state index contributed by atoms with van der Waals surface area (Å²) < 4.78 is 26.3. The van der Waals surface area contributed by atoms with Crippen LogP contribution in [-0.4, -0.2) is 23.1 Å². The minimum Gasteiger partial charge on any atom is -0.480 e. The van der Waals surface area contributed by atoms with Crippen molar-refractivity contribution in [2.75, 3.05) is 5.32 Å². The van der Waals surface area contributed by atoms with Gasteiger partial charge in [0.25, 0.3) is 0 Å². The number of hydrogen-bond donors (Lipinski definition) is 3. The van der Waals surface area contributed by atoms with Gasteiger partial charge in [0, 0.05) is 0 Å². The molecule has 0 saturated heterocycles. The van der Waals surface area contributed by atoms with Gasteiger partial charge >= 0.3 is 12.0 Å². The van der Waals surface area contributed by atoms with Crippen molar-refractivity contribution in [3.63, 3.8) is 0 Å². The van der Waals surface area contributed by atoms with Gasteiger partial charge < -0.3 is 15.7 Å². The SMILES string of the molecule is CC(C)(C)C(NC(=O)Nc1cccc(F)c1F)C(=O)O. The Balaban J connectivity index is 2.82. The number of halogens is 2. The lowest BCUT2D eigenvalue weighted by Gasteiger charge is -2.27. The fourth-order valence-electron chi connectivity index (χ4n) is 1.54. The maximum absolute atomic E-state index is 13.4. The Morgan fingerprint density at radius 1 is 1.25 bits per heavy atom. The Morgan fingerprint density at radius 3 is 2.35 bits per heavy atom. The summed E-state index contributed by atoms with van der Waals surface area (Å²) in [5, 5.41) is 13.3.